The van der Waals surface area contributed by atoms with E-state index in [1.807, 2.05) is 18.9 Å². The SMILES string of the molecule is C[C@H]1COc2c(N3CCN(C)CC3)c(F)cc3c(=O)c(C(=O)O)cn1c23.[Cl-].[Na+]. The molecule has 1 atom stereocenters. The maximum Gasteiger partial charge on any atom is 1.00 e. The molecule has 4 rings (SSSR count). The molecular weight excluding hydrogens is 400 g/mol. The summed E-state index contributed by atoms with van der Waals surface area (Å²) in [5.74, 6) is -1.54. The van der Waals surface area contributed by atoms with Crippen LogP contribution >= 0.6 is 0 Å². The molecule has 28 heavy (non-hydrogen) atoms. The van der Waals surface area contributed by atoms with E-state index in [1.165, 1.54) is 6.20 Å². The van der Waals surface area contributed by atoms with Crippen LogP contribution in [-0.4, -0.2) is 60.4 Å². The number of pyridine rings is 1. The first kappa shape index (κ1) is 23.0. The van der Waals surface area contributed by atoms with E-state index in [9.17, 15) is 19.1 Å². The van der Waals surface area contributed by atoms with Crippen LogP contribution in [0.4, 0.5) is 10.1 Å². The van der Waals surface area contributed by atoms with E-state index in [-0.39, 0.29) is 65.6 Å². The zero-order valence-corrected chi connectivity index (χ0v) is 18.8. The topological polar surface area (TPSA) is 75.0 Å². The summed E-state index contributed by atoms with van der Waals surface area (Å²) in [6, 6.07) is 0.994. The zero-order valence-electron chi connectivity index (χ0n) is 16.0. The van der Waals surface area contributed by atoms with Crippen LogP contribution in [0.15, 0.2) is 17.1 Å². The first-order valence-electron chi connectivity index (χ1n) is 8.59. The van der Waals surface area contributed by atoms with Gasteiger partial charge in [0, 0.05) is 32.4 Å². The third kappa shape index (κ3) is 3.64. The molecule has 0 unspecified atom stereocenters. The summed E-state index contributed by atoms with van der Waals surface area (Å²) in [6.07, 6.45) is 1.34. The van der Waals surface area contributed by atoms with Crippen molar-refractivity contribution in [3.63, 3.8) is 0 Å². The molecule has 2 aromatic rings. The second-order valence-corrected chi connectivity index (χ2v) is 6.97. The maximum atomic E-state index is 15.0. The molecule has 1 N–H and O–H groups in total. The molecule has 3 heterocycles. The molecule has 1 aromatic heterocycles. The van der Waals surface area contributed by atoms with E-state index < -0.39 is 17.2 Å². The first-order chi connectivity index (χ1) is 12.4. The van der Waals surface area contributed by atoms with Crippen molar-refractivity contribution in [1.29, 1.82) is 0 Å². The van der Waals surface area contributed by atoms with Gasteiger partial charge in [-0.2, -0.15) is 0 Å². The first-order valence-corrected chi connectivity index (χ1v) is 8.59. The molecule has 0 bridgehead atoms. The van der Waals surface area contributed by atoms with Gasteiger partial charge in [-0.1, -0.05) is 0 Å². The van der Waals surface area contributed by atoms with Crippen molar-refractivity contribution in [2.24, 2.45) is 0 Å². The number of rotatable bonds is 2. The number of likely N-dealkylation sites (N-methyl/N-ethyl adjacent to an activating group) is 1. The van der Waals surface area contributed by atoms with Crippen LogP contribution in [0.5, 0.6) is 5.75 Å². The van der Waals surface area contributed by atoms with Gasteiger partial charge in [0.05, 0.1) is 16.9 Å². The molecule has 0 saturated carbocycles. The minimum absolute atomic E-state index is 0. The van der Waals surface area contributed by atoms with Gasteiger partial charge in [0.2, 0.25) is 5.43 Å². The Balaban J connectivity index is 0.00000140. The van der Waals surface area contributed by atoms with Gasteiger partial charge in [0.1, 0.15) is 17.9 Å². The van der Waals surface area contributed by atoms with Crippen LogP contribution in [-0.2, 0) is 0 Å². The molecule has 1 saturated heterocycles. The largest absolute Gasteiger partial charge is 1.00 e. The summed E-state index contributed by atoms with van der Waals surface area (Å²) >= 11 is 0. The van der Waals surface area contributed by atoms with Gasteiger partial charge in [-0.3, -0.25) is 4.79 Å². The molecule has 10 heteroatoms. The molecular formula is C18H20ClFN3NaO4. The number of carboxylic acids is 1. The van der Waals surface area contributed by atoms with Gasteiger partial charge in [-0.05, 0) is 20.0 Å². The average molecular weight is 420 g/mol. The van der Waals surface area contributed by atoms with Crippen molar-refractivity contribution < 1.29 is 61.0 Å². The van der Waals surface area contributed by atoms with E-state index in [0.717, 1.165) is 19.2 Å². The van der Waals surface area contributed by atoms with Gasteiger partial charge in [0.15, 0.2) is 11.6 Å². The maximum absolute atomic E-state index is 15.0. The van der Waals surface area contributed by atoms with Gasteiger partial charge < -0.3 is 36.6 Å². The van der Waals surface area contributed by atoms with E-state index >= 15 is 0 Å². The second kappa shape index (κ2) is 8.59. The Morgan fingerprint density at radius 2 is 1.93 bits per heavy atom. The Morgan fingerprint density at radius 1 is 1.29 bits per heavy atom. The van der Waals surface area contributed by atoms with Gasteiger partial charge in [-0.25, -0.2) is 9.18 Å². The Bertz CT molecular complexity index is 976. The van der Waals surface area contributed by atoms with Crippen LogP contribution in [0.2, 0.25) is 0 Å². The van der Waals surface area contributed by atoms with Gasteiger partial charge >= 0.3 is 35.5 Å². The number of carboxylic acid groups (broad SMARTS) is 1. The van der Waals surface area contributed by atoms with E-state index in [0.29, 0.717) is 30.0 Å². The molecule has 1 fully saturated rings. The molecule has 2 aliphatic rings. The normalized spacial score (nSPS) is 18.8. The molecule has 7 nitrogen and oxygen atoms in total. The number of anilines is 1. The summed E-state index contributed by atoms with van der Waals surface area (Å²) in [5.41, 5.74) is -0.224. The molecule has 0 spiro atoms. The Labute approximate surface area is 189 Å². The minimum atomic E-state index is -1.32. The molecule has 0 radical (unpaired) electrons. The van der Waals surface area contributed by atoms with Crippen LogP contribution in [0.3, 0.4) is 0 Å². The fourth-order valence-corrected chi connectivity index (χ4v) is 3.69. The number of aromatic nitrogens is 1. The molecule has 2 aliphatic heterocycles. The number of ether oxygens (including phenoxy) is 1. The predicted molar refractivity (Wildman–Crippen MR) is 95.0 cm³/mol. The average Bonchev–Trinajstić information content (AvgIpc) is 2.60. The monoisotopic (exact) mass is 419 g/mol. The number of hydrogen-bond donors (Lipinski definition) is 1. The number of carbonyl (C=O) groups is 1. The zero-order chi connectivity index (χ0) is 18.6. The second-order valence-electron chi connectivity index (χ2n) is 6.97. The number of benzene rings is 1. The molecule has 146 valence electrons. The van der Waals surface area contributed by atoms with Crippen molar-refractivity contribution in [3.8, 4) is 5.75 Å². The number of hydrogen-bond acceptors (Lipinski definition) is 5. The quantitative estimate of drug-likeness (QED) is 0.495. The van der Waals surface area contributed by atoms with Gasteiger partial charge in [0.25, 0.3) is 0 Å². The van der Waals surface area contributed by atoms with Crippen molar-refractivity contribution in [2.75, 3.05) is 44.7 Å². The smallest absolute Gasteiger partial charge is 1.00 e. The van der Waals surface area contributed by atoms with Crippen LogP contribution in [0.1, 0.15) is 23.3 Å². The fourth-order valence-electron chi connectivity index (χ4n) is 3.69. The van der Waals surface area contributed by atoms with Crippen LogP contribution < -0.4 is 57.0 Å². The minimum Gasteiger partial charge on any atom is -1.00 e. The Morgan fingerprint density at radius 3 is 2.54 bits per heavy atom. The van der Waals surface area contributed by atoms with Crippen LogP contribution in [0, 0.1) is 5.82 Å². The Kier molecular flexibility index (Phi) is 7.04. The van der Waals surface area contributed by atoms with E-state index in [1.54, 1.807) is 4.57 Å². The van der Waals surface area contributed by atoms with Crippen molar-refractivity contribution >= 4 is 22.6 Å². The van der Waals surface area contributed by atoms with Crippen molar-refractivity contribution in [1.82, 2.24) is 9.47 Å². The van der Waals surface area contributed by atoms with Crippen LogP contribution in [0.25, 0.3) is 10.9 Å². The third-order valence-electron chi connectivity index (χ3n) is 5.19. The number of halogens is 2. The summed E-state index contributed by atoms with van der Waals surface area (Å²) in [6.45, 7) is 5.08. The fraction of sp³-hybridized carbons (Fsp3) is 0.444. The number of nitrogens with zero attached hydrogens (tertiary/aromatic N) is 3. The standard InChI is InChI=1S/C18H20FN3O4.ClH.Na/c1-10-9-26-17-14-11(16(23)12(18(24)25)8-22(10)14)7-13(19)15(17)21-5-3-20(2)4-6-21;;/h7-8,10H,3-6,9H2,1-2H3,(H,24,25);1H;/q;;+1/p-1/t10-;;/m0../s1. The number of aromatic carboxylic acids is 1. The van der Waals surface area contributed by atoms with Crippen molar-refractivity contribution in [2.45, 2.75) is 13.0 Å². The number of piperazine rings is 1. The van der Waals surface area contributed by atoms with Gasteiger partial charge in [-0.15, -0.1) is 0 Å². The summed E-state index contributed by atoms with van der Waals surface area (Å²) in [5, 5.41) is 9.36. The van der Waals surface area contributed by atoms with E-state index in [4.69, 9.17) is 4.74 Å². The molecule has 1 aromatic carbocycles. The Hall–Kier alpha value is -1.32. The summed E-state index contributed by atoms with van der Waals surface area (Å²) < 4.78 is 22.6. The summed E-state index contributed by atoms with van der Waals surface area (Å²) in [4.78, 5) is 28.1. The predicted octanol–water partition coefficient (Wildman–Crippen LogP) is -4.45. The summed E-state index contributed by atoms with van der Waals surface area (Å²) in [7, 11) is 2.02. The van der Waals surface area contributed by atoms with Crippen molar-refractivity contribution in [3.05, 3.63) is 33.9 Å². The molecule has 0 aliphatic carbocycles. The molecule has 0 amide bonds. The third-order valence-corrected chi connectivity index (χ3v) is 5.19. The van der Waals surface area contributed by atoms with E-state index in [2.05, 4.69) is 4.90 Å².